The number of nitrogens with zero attached hydrogens (tertiary/aromatic N) is 3. The van der Waals surface area contributed by atoms with Gasteiger partial charge in [0.1, 0.15) is 0 Å². The van der Waals surface area contributed by atoms with Crippen LogP contribution in [0.3, 0.4) is 0 Å². The van der Waals surface area contributed by atoms with Crippen LogP contribution in [0.1, 0.15) is 0 Å². The van der Waals surface area contributed by atoms with E-state index in [2.05, 4.69) is 275 Å². The normalized spacial score (nSPS) is 11.6. The molecule has 11 aromatic carbocycles. The molecule has 3 heteroatoms. The average molecular weight is 854 g/mol. The Morgan fingerprint density at radius 3 is 1.09 bits per heavy atom. The molecule has 0 fully saturated rings. The molecule has 0 aliphatic rings. The highest BCUT2D eigenvalue weighted by atomic mass is 15.1. The number of fused-ring (bicyclic) bond motifs is 7. The number of para-hydroxylation sites is 4. The van der Waals surface area contributed by atoms with Crippen molar-refractivity contribution in [1.29, 1.82) is 0 Å². The van der Waals surface area contributed by atoms with E-state index in [-0.39, 0.29) is 0 Å². The van der Waals surface area contributed by atoms with Gasteiger partial charge in [-0.25, -0.2) is 0 Å². The van der Waals surface area contributed by atoms with Crippen molar-refractivity contribution in [2.45, 2.75) is 0 Å². The molecule has 3 nitrogen and oxygen atoms in total. The van der Waals surface area contributed by atoms with Crippen LogP contribution >= 0.6 is 0 Å². The SMILES string of the molecule is c1cc(N(c2ccc(-c3ccc(-c4ccc5ccccc5c4)cc3)cc2)c2ccc(-c3ccc(-n4c5ccccc5c5ccccc54)cc3)cc2)cc(-n2c3ccccc3c3ccccc32)c1. The first-order chi connectivity index (χ1) is 33.2. The van der Waals surface area contributed by atoms with Crippen molar-refractivity contribution >= 4 is 71.4 Å². The molecule has 0 spiro atoms. The molecule has 0 bridgehead atoms. The smallest absolute Gasteiger partial charge is 0.0541 e. The lowest BCUT2D eigenvalue weighted by Gasteiger charge is -2.26. The second-order valence-electron chi connectivity index (χ2n) is 17.4. The lowest BCUT2D eigenvalue weighted by molar-refractivity contribution is 1.17. The van der Waals surface area contributed by atoms with E-state index in [9.17, 15) is 0 Å². The highest BCUT2D eigenvalue weighted by molar-refractivity contribution is 6.10. The first kappa shape index (κ1) is 38.5. The highest BCUT2D eigenvalue weighted by Crippen LogP contribution is 2.40. The lowest BCUT2D eigenvalue weighted by Crippen LogP contribution is -2.10. The molecular weight excluding hydrogens is 811 g/mol. The third-order valence-corrected chi connectivity index (χ3v) is 13.5. The van der Waals surface area contributed by atoms with Crippen LogP contribution in [-0.2, 0) is 0 Å². The van der Waals surface area contributed by atoms with Crippen molar-refractivity contribution < 1.29 is 0 Å². The molecule has 0 unspecified atom stereocenters. The topological polar surface area (TPSA) is 13.1 Å². The lowest BCUT2D eigenvalue weighted by atomic mass is 9.98. The van der Waals surface area contributed by atoms with Crippen LogP contribution in [0, 0.1) is 0 Å². The maximum Gasteiger partial charge on any atom is 0.0541 e. The Morgan fingerprint density at radius 1 is 0.224 bits per heavy atom. The predicted molar refractivity (Wildman–Crippen MR) is 284 cm³/mol. The minimum absolute atomic E-state index is 1.08. The quantitative estimate of drug-likeness (QED) is 0.148. The van der Waals surface area contributed by atoms with E-state index in [0.717, 1.165) is 28.4 Å². The van der Waals surface area contributed by atoms with Crippen molar-refractivity contribution in [3.63, 3.8) is 0 Å². The second kappa shape index (κ2) is 16.0. The summed E-state index contributed by atoms with van der Waals surface area (Å²) >= 11 is 0. The van der Waals surface area contributed by atoms with Crippen LogP contribution in [0.15, 0.2) is 261 Å². The first-order valence-electron chi connectivity index (χ1n) is 23.0. The monoisotopic (exact) mass is 853 g/mol. The standard InChI is InChI=1S/C64H43N3/c1-2-13-50-42-51(29-28-44(50)12-1)49-26-24-45(25-27-49)46-30-36-52(37-31-46)65(55-14-11-15-56(43-55)67-63-22-9-5-18-59(63)60-19-6-10-23-64(60)67)53-38-32-47(33-39-53)48-34-40-54(41-35-48)66-61-20-7-3-16-57(61)58-17-4-8-21-62(58)66/h1-43H. The molecule has 67 heavy (non-hydrogen) atoms. The van der Waals surface area contributed by atoms with Gasteiger partial charge in [0.05, 0.1) is 22.1 Å². The van der Waals surface area contributed by atoms with Gasteiger partial charge in [-0.1, -0.05) is 176 Å². The fourth-order valence-electron chi connectivity index (χ4n) is 10.3. The molecule has 0 radical (unpaired) electrons. The van der Waals surface area contributed by atoms with E-state index in [4.69, 9.17) is 0 Å². The van der Waals surface area contributed by atoms with E-state index < -0.39 is 0 Å². The van der Waals surface area contributed by atoms with Crippen molar-refractivity contribution in [2.24, 2.45) is 0 Å². The van der Waals surface area contributed by atoms with E-state index in [1.54, 1.807) is 0 Å². The van der Waals surface area contributed by atoms with E-state index in [1.165, 1.54) is 87.8 Å². The van der Waals surface area contributed by atoms with Crippen molar-refractivity contribution in [3.8, 4) is 44.8 Å². The Labute approximate surface area is 389 Å². The van der Waals surface area contributed by atoms with Crippen molar-refractivity contribution in [2.75, 3.05) is 4.90 Å². The second-order valence-corrected chi connectivity index (χ2v) is 17.4. The van der Waals surface area contributed by atoms with E-state index in [0.29, 0.717) is 0 Å². The van der Waals surface area contributed by atoms with Gasteiger partial charge in [-0.15, -0.1) is 0 Å². The molecule has 2 aromatic heterocycles. The van der Waals surface area contributed by atoms with E-state index >= 15 is 0 Å². The summed E-state index contributed by atoms with van der Waals surface area (Å²) in [7, 11) is 0. The summed E-state index contributed by atoms with van der Waals surface area (Å²) in [6, 6.07) is 94.9. The largest absolute Gasteiger partial charge is 0.310 e. The summed E-state index contributed by atoms with van der Waals surface area (Å²) < 4.78 is 4.76. The molecule has 0 N–H and O–H groups in total. The van der Waals surface area contributed by atoms with Crippen molar-refractivity contribution in [3.05, 3.63) is 261 Å². The van der Waals surface area contributed by atoms with Gasteiger partial charge in [-0.3, -0.25) is 0 Å². The van der Waals surface area contributed by atoms with Crippen molar-refractivity contribution in [1.82, 2.24) is 9.13 Å². The minimum atomic E-state index is 1.08. The molecule has 0 saturated carbocycles. The summed E-state index contributed by atoms with van der Waals surface area (Å²) in [6.45, 7) is 0. The maximum absolute atomic E-state index is 2.39. The van der Waals surface area contributed by atoms with Crippen LogP contribution in [0.4, 0.5) is 17.1 Å². The van der Waals surface area contributed by atoms with Crippen LogP contribution in [0.2, 0.25) is 0 Å². The zero-order valence-corrected chi connectivity index (χ0v) is 36.7. The number of rotatable bonds is 8. The molecule has 0 saturated heterocycles. The Kier molecular flexibility index (Phi) is 9.17. The van der Waals surface area contributed by atoms with E-state index in [1.807, 2.05) is 0 Å². The van der Waals surface area contributed by atoms with Gasteiger partial charge in [-0.2, -0.15) is 0 Å². The van der Waals surface area contributed by atoms with Crippen LogP contribution < -0.4 is 4.90 Å². The highest BCUT2D eigenvalue weighted by Gasteiger charge is 2.18. The minimum Gasteiger partial charge on any atom is -0.310 e. The average Bonchev–Trinajstić information content (AvgIpc) is 3.92. The predicted octanol–water partition coefficient (Wildman–Crippen LogP) is 17.5. The number of anilines is 3. The summed E-state index contributed by atoms with van der Waals surface area (Å²) in [6.07, 6.45) is 0. The number of benzene rings is 11. The van der Waals surface area contributed by atoms with Gasteiger partial charge in [0, 0.05) is 50.0 Å². The zero-order valence-electron chi connectivity index (χ0n) is 36.7. The molecule has 0 amide bonds. The summed E-state index contributed by atoms with van der Waals surface area (Å²) in [4.78, 5) is 2.37. The zero-order chi connectivity index (χ0) is 44.3. The first-order valence-corrected chi connectivity index (χ1v) is 23.0. The van der Waals surface area contributed by atoms with Crippen LogP contribution in [0.5, 0.6) is 0 Å². The summed E-state index contributed by atoms with van der Waals surface area (Å²) in [5.41, 5.74) is 17.4. The van der Waals surface area contributed by atoms with Crippen LogP contribution in [-0.4, -0.2) is 9.13 Å². The fraction of sp³-hybridized carbons (Fsp3) is 0. The molecule has 13 aromatic rings. The van der Waals surface area contributed by atoms with Gasteiger partial charge in [0.2, 0.25) is 0 Å². The number of hydrogen-bond acceptors (Lipinski definition) is 1. The van der Waals surface area contributed by atoms with Gasteiger partial charge in [0.25, 0.3) is 0 Å². The maximum atomic E-state index is 2.39. The Hall–Kier alpha value is -8.92. The number of aromatic nitrogens is 2. The van der Waals surface area contributed by atoms with Gasteiger partial charge in [-0.05, 0) is 129 Å². The Balaban J connectivity index is 0.863. The molecule has 0 aliphatic carbocycles. The third-order valence-electron chi connectivity index (χ3n) is 13.5. The summed E-state index contributed by atoms with van der Waals surface area (Å²) in [5.74, 6) is 0. The van der Waals surface area contributed by atoms with Gasteiger partial charge >= 0.3 is 0 Å². The molecular formula is C64H43N3. The summed E-state index contributed by atoms with van der Waals surface area (Å²) in [5, 5.41) is 7.55. The molecule has 0 aliphatic heterocycles. The number of hydrogen-bond donors (Lipinski definition) is 0. The van der Waals surface area contributed by atoms with Crippen LogP contribution in [0.25, 0.3) is 99.1 Å². The fourth-order valence-corrected chi connectivity index (χ4v) is 10.3. The molecule has 13 rings (SSSR count). The Morgan fingerprint density at radius 2 is 0.597 bits per heavy atom. The molecule has 0 atom stereocenters. The van der Waals surface area contributed by atoms with Gasteiger partial charge in [0.15, 0.2) is 0 Å². The molecule has 314 valence electrons. The molecule has 2 heterocycles. The third kappa shape index (κ3) is 6.67. The Bertz CT molecular complexity index is 3840. The van der Waals surface area contributed by atoms with Gasteiger partial charge < -0.3 is 14.0 Å².